The summed E-state index contributed by atoms with van der Waals surface area (Å²) >= 11 is 1.93. The molecule has 1 heterocycles. The summed E-state index contributed by atoms with van der Waals surface area (Å²) in [6.45, 7) is 1.21. The Bertz CT molecular complexity index is 466. The molecular formula is C12H13IN2O3. The van der Waals surface area contributed by atoms with Gasteiger partial charge in [0.15, 0.2) is 9.33 Å². The Kier molecular flexibility index (Phi) is 3.86. The van der Waals surface area contributed by atoms with Gasteiger partial charge in [-0.3, -0.25) is 9.69 Å². The number of rotatable bonds is 2. The molecule has 0 aromatic heterocycles. The van der Waals surface area contributed by atoms with Crippen molar-refractivity contribution in [3.63, 3.8) is 0 Å². The molecule has 6 heteroatoms. The average molecular weight is 360 g/mol. The summed E-state index contributed by atoms with van der Waals surface area (Å²) in [6.07, 6.45) is -1.06. The molecule has 0 aliphatic carbocycles. The third kappa shape index (κ3) is 2.35. The molecule has 1 fully saturated rings. The summed E-state index contributed by atoms with van der Waals surface area (Å²) in [5, 5.41) is 12.3. The number of alkyl halides is 1. The Morgan fingerprint density at radius 1 is 1.33 bits per heavy atom. The van der Waals surface area contributed by atoms with Crippen LogP contribution in [-0.4, -0.2) is 45.1 Å². The van der Waals surface area contributed by atoms with Crippen molar-refractivity contribution >= 4 is 34.5 Å². The minimum Gasteiger partial charge on any atom is -0.465 e. The SMILES string of the molecule is O=C(O)N1CCNCC1(I)C(=O)c1ccccc1. The van der Waals surface area contributed by atoms with Crippen LogP contribution in [0.1, 0.15) is 10.4 Å². The molecule has 2 N–H and O–H groups in total. The first-order valence-electron chi connectivity index (χ1n) is 5.56. The van der Waals surface area contributed by atoms with Crippen molar-refractivity contribution in [3.05, 3.63) is 35.9 Å². The van der Waals surface area contributed by atoms with Crippen molar-refractivity contribution < 1.29 is 14.7 Å². The zero-order valence-corrected chi connectivity index (χ0v) is 11.8. The second-order valence-electron chi connectivity index (χ2n) is 4.07. The van der Waals surface area contributed by atoms with Gasteiger partial charge in [0.2, 0.25) is 0 Å². The number of carbonyl (C=O) groups is 2. The monoisotopic (exact) mass is 360 g/mol. The van der Waals surface area contributed by atoms with E-state index in [0.29, 0.717) is 25.2 Å². The first-order valence-corrected chi connectivity index (χ1v) is 6.63. The maximum Gasteiger partial charge on any atom is 0.408 e. The van der Waals surface area contributed by atoms with Crippen molar-refractivity contribution in [2.45, 2.75) is 3.55 Å². The minimum atomic E-state index is -1.07. The van der Waals surface area contributed by atoms with E-state index in [-0.39, 0.29) is 5.78 Å². The summed E-state index contributed by atoms with van der Waals surface area (Å²) in [7, 11) is 0. The Labute approximate surface area is 118 Å². The predicted molar refractivity (Wildman–Crippen MR) is 75.1 cm³/mol. The molecule has 2 rings (SSSR count). The number of ketones is 1. The van der Waals surface area contributed by atoms with Crippen LogP contribution in [0, 0.1) is 0 Å². The number of hydrogen-bond donors (Lipinski definition) is 2. The van der Waals surface area contributed by atoms with E-state index < -0.39 is 9.64 Å². The number of carbonyl (C=O) groups excluding carboxylic acids is 1. The van der Waals surface area contributed by atoms with Gasteiger partial charge in [0, 0.05) is 25.2 Å². The smallest absolute Gasteiger partial charge is 0.408 e. The molecule has 0 spiro atoms. The number of halogens is 1. The normalized spacial score (nSPS) is 23.7. The number of carboxylic acid groups (broad SMARTS) is 1. The summed E-state index contributed by atoms with van der Waals surface area (Å²) in [6, 6.07) is 8.78. The lowest BCUT2D eigenvalue weighted by atomic mass is 10.0. The van der Waals surface area contributed by atoms with E-state index >= 15 is 0 Å². The van der Waals surface area contributed by atoms with Crippen molar-refractivity contribution in [2.75, 3.05) is 19.6 Å². The molecule has 18 heavy (non-hydrogen) atoms. The molecule has 1 unspecified atom stereocenters. The molecule has 5 nitrogen and oxygen atoms in total. The number of piperazine rings is 1. The van der Waals surface area contributed by atoms with Gasteiger partial charge < -0.3 is 10.4 Å². The molecule has 1 saturated heterocycles. The highest BCUT2D eigenvalue weighted by molar-refractivity contribution is 14.1. The lowest BCUT2D eigenvalue weighted by Gasteiger charge is -2.40. The molecular weight excluding hydrogens is 347 g/mol. The third-order valence-corrected chi connectivity index (χ3v) is 4.37. The van der Waals surface area contributed by atoms with Gasteiger partial charge in [-0.15, -0.1) is 0 Å². The topological polar surface area (TPSA) is 69.6 Å². The second kappa shape index (κ2) is 5.23. The van der Waals surface area contributed by atoms with Gasteiger partial charge in [0.25, 0.3) is 0 Å². The maximum absolute atomic E-state index is 12.5. The zero-order chi connectivity index (χ0) is 13.2. The largest absolute Gasteiger partial charge is 0.465 e. The molecule has 1 atom stereocenters. The van der Waals surface area contributed by atoms with Gasteiger partial charge in [0.1, 0.15) is 0 Å². The van der Waals surface area contributed by atoms with Gasteiger partial charge >= 0.3 is 6.09 Å². The van der Waals surface area contributed by atoms with Crippen LogP contribution in [0.5, 0.6) is 0 Å². The highest BCUT2D eigenvalue weighted by Gasteiger charge is 2.46. The number of amides is 1. The standard InChI is InChI=1S/C12H13IN2O3/c13-12(8-14-6-7-15(12)11(17)18)10(16)9-4-2-1-3-5-9/h1-5,14H,6-8H2,(H,17,18). The fourth-order valence-electron chi connectivity index (χ4n) is 1.98. The van der Waals surface area contributed by atoms with E-state index in [1.165, 1.54) is 4.90 Å². The predicted octanol–water partition coefficient (Wildman–Crippen LogP) is 1.58. The van der Waals surface area contributed by atoms with Crippen molar-refractivity contribution in [1.29, 1.82) is 0 Å². The Morgan fingerprint density at radius 3 is 2.61 bits per heavy atom. The van der Waals surface area contributed by atoms with Gasteiger partial charge in [-0.05, 0) is 22.6 Å². The number of nitrogens with zero attached hydrogens (tertiary/aromatic N) is 1. The lowest BCUT2D eigenvalue weighted by molar-refractivity contribution is 0.0709. The molecule has 1 aromatic rings. The lowest BCUT2D eigenvalue weighted by Crippen LogP contribution is -2.63. The van der Waals surface area contributed by atoms with Crippen LogP contribution in [0.4, 0.5) is 4.79 Å². The first kappa shape index (κ1) is 13.3. The molecule has 0 radical (unpaired) electrons. The van der Waals surface area contributed by atoms with E-state index in [1.807, 2.05) is 28.7 Å². The summed E-state index contributed by atoms with van der Waals surface area (Å²) in [5.74, 6) is -0.182. The van der Waals surface area contributed by atoms with Crippen LogP contribution >= 0.6 is 22.6 Å². The van der Waals surface area contributed by atoms with Crippen LogP contribution in [0.3, 0.4) is 0 Å². The van der Waals surface area contributed by atoms with E-state index in [2.05, 4.69) is 5.32 Å². The Morgan fingerprint density at radius 2 is 2.00 bits per heavy atom. The summed E-state index contributed by atoms with van der Waals surface area (Å²) in [5.41, 5.74) is 0.529. The van der Waals surface area contributed by atoms with Crippen molar-refractivity contribution in [2.24, 2.45) is 0 Å². The van der Waals surface area contributed by atoms with Gasteiger partial charge in [-0.1, -0.05) is 30.3 Å². The number of hydrogen-bond acceptors (Lipinski definition) is 3. The molecule has 0 saturated carbocycles. The molecule has 0 bridgehead atoms. The molecule has 96 valence electrons. The van der Waals surface area contributed by atoms with E-state index in [9.17, 15) is 14.7 Å². The third-order valence-electron chi connectivity index (χ3n) is 2.91. The van der Waals surface area contributed by atoms with Crippen LogP contribution in [0.2, 0.25) is 0 Å². The van der Waals surface area contributed by atoms with Gasteiger partial charge in [-0.2, -0.15) is 0 Å². The molecule has 1 amide bonds. The van der Waals surface area contributed by atoms with E-state index in [4.69, 9.17) is 0 Å². The molecule has 1 aromatic carbocycles. The zero-order valence-electron chi connectivity index (χ0n) is 9.60. The Hall–Kier alpha value is -1.15. The number of benzene rings is 1. The van der Waals surface area contributed by atoms with Crippen molar-refractivity contribution in [1.82, 2.24) is 10.2 Å². The minimum absolute atomic E-state index is 0.182. The van der Waals surface area contributed by atoms with Crippen LogP contribution in [0.25, 0.3) is 0 Å². The van der Waals surface area contributed by atoms with Crippen molar-refractivity contribution in [3.8, 4) is 0 Å². The summed E-state index contributed by atoms with van der Waals surface area (Å²) in [4.78, 5) is 24.9. The first-order chi connectivity index (χ1) is 8.55. The average Bonchev–Trinajstić information content (AvgIpc) is 2.39. The van der Waals surface area contributed by atoms with Gasteiger partial charge in [0.05, 0.1) is 0 Å². The fraction of sp³-hybridized carbons (Fsp3) is 0.333. The van der Waals surface area contributed by atoms with Crippen LogP contribution < -0.4 is 5.32 Å². The quantitative estimate of drug-likeness (QED) is 0.364. The molecule has 1 aliphatic heterocycles. The second-order valence-corrected chi connectivity index (χ2v) is 5.85. The molecule has 1 aliphatic rings. The van der Waals surface area contributed by atoms with Gasteiger partial charge in [-0.25, -0.2) is 4.79 Å². The van der Waals surface area contributed by atoms with Crippen LogP contribution in [-0.2, 0) is 0 Å². The summed E-state index contributed by atoms with van der Waals surface area (Å²) < 4.78 is -1.07. The van der Waals surface area contributed by atoms with E-state index in [0.717, 1.165) is 0 Å². The fourth-order valence-corrected chi connectivity index (χ4v) is 3.01. The number of nitrogens with one attached hydrogen (secondary N) is 1. The Balaban J connectivity index is 2.33. The maximum atomic E-state index is 12.5. The van der Waals surface area contributed by atoms with E-state index in [1.54, 1.807) is 24.3 Å². The highest BCUT2D eigenvalue weighted by Crippen LogP contribution is 2.30. The highest BCUT2D eigenvalue weighted by atomic mass is 127. The number of Topliss-reactive ketones (excluding diaryl/α,β-unsaturated/α-hetero) is 1. The van der Waals surface area contributed by atoms with Crippen LogP contribution in [0.15, 0.2) is 30.3 Å².